The third-order valence-corrected chi connectivity index (χ3v) is 3.45. The van der Waals surface area contributed by atoms with Gasteiger partial charge in [-0.2, -0.15) is 0 Å². The molecule has 102 valence electrons. The first-order valence-corrected chi connectivity index (χ1v) is 6.34. The van der Waals surface area contributed by atoms with E-state index in [0.717, 1.165) is 11.3 Å². The summed E-state index contributed by atoms with van der Waals surface area (Å²) in [6.45, 7) is 3.78. The molecule has 1 atom stereocenters. The molecule has 1 unspecified atom stereocenters. The third kappa shape index (κ3) is 2.86. The Bertz CT molecular complexity index is 511. The molecule has 1 heterocycles. The van der Waals surface area contributed by atoms with E-state index < -0.39 is 11.4 Å². The third-order valence-electron chi connectivity index (χ3n) is 3.45. The van der Waals surface area contributed by atoms with Crippen molar-refractivity contribution in [3.63, 3.8) is 0 Å². The van der Waals surface area contributed by atoms with E-state index in [2.05, 4.69) is 10.6 Å². The quantitative estimate of drug-likeness (QED) is 0.747. The monoisotopic (exact) mass is 261 g/mol. The van der Waals surface area contributed by atoms with Gasteiger partial charge in [0.2, 0.25) is 11.8 Å². The lowest BCUT2D eigenvalue weighted by Crippen LogP contribution is -2.55. The highest BCUT2D eigenvalue weighted by Crippen LogP contribution is 2.24. The van der Waals surface area contributed by atoms with Gasteiger partial charge < -0.3 is 16.4 Å². The average Bonchev–Trinajstić information content (AvgIpc) is 2.37. The summed E-state index contributed by atoms with van der Waals surface area (Å²) in [5.41, 5.74) is 6.42. The predicted octanol–water partition coefficient (Wildman–Crippen LogP) is 0.651. The maximum Gasteiger partial charge on any atom is 0.242 e. The van der Waals surface area contributed by atoms with E-state index in [1.165, 1.54) is 0 Å². The average molecular weight is 261 g/mol. The molecule has 5 nitrogen and oxygen atoms in total. The second kappa shape index (κ2) is 4.91. The lowest BCUT2D eigenvalue weighted by molar-refractivity contribution is -0.132. The first kappa shape index (κ1) is 13.4. The fourth-order valence-electron chi connectivity index (χ4n) is 2.10. The number of carbonyl (C=O) groups is 2. The van der Waals surface area contributed by atoms with Crippen LogP contribution in [0.3, 0.4) is 0 Å². The zero-order valence-electron chi connectivity index (χ0n) is 11.2. The molecule has 19 heavy (non-hydrogen) atoms. The standard InChI is InChI=1S/C14H19N3O2/c1-14(2,13(15)19)17-12(18)10-7-9-5-3-4-6-11(9)16-8-10/h3-6,10,16H,7-8H2,1-2H3,(H2,15,19)(H,17,18). The smallest absolute Gasteiger partial charge is 0.242 e. The zero-order chi connectivity index (χ0) is 14.0. The molecule has 0 aliphatic carbocycles. The Balaban J connectivity index is 2.05. The number of amides is 2. The van der Waals surface area contributed by atoms with E-state index in [-0.39, 0.29) is 11.8 Å². The van der Waals surface area contributed by atoms with Gasteiger partial charge in [-0.3, -0.25) is 9.59 Å². The maximum atomic E-state index is 12.2. The van der Waals surface area contributed by atoms with Gasteiger partial charge in [0.15, 0.2) is 0 Å². The van der Waals surface area contributed by atoms with Crippen molar-refractivity contribution in [2.45, 2.75) is 25.8 Å². The van der Waals surface area contributed by atoms with Crippen molar-refractivity contribution < 1.29 is 9.59 Å². The molecule has 0 aromatic heterocycles. The normalized spacial score (nSPS) is 18.1. The molecule has 0 saturated heterocycles. The molecule has 2 amide bonds. The number of hydrogen-bond acceptors (Lipinski definition) is 3. The Morgan fingerprint density at radius 1 is 1.37 bits per heavy atom. The van der Waals surface area contributed by atoms with Gasteiger partial charge in [0.25, 0.3) is 0 Å². The summed E-state index contributed by atoms with van der Waals surface area (Å²) in [5, 5.41) is 5.93. The van der Waals surface area contributed by atoms with Crippen LogP contribution in [-0.2, 0) is 16.0 Å². The number of hydrogen-bond donors (Lipinski definition) is 3. The molecule has 2 rings (SSSR count). The Kier molecular flexibility index (Phi) is 3.46. The van der Waals surface area contributed by atoms with Crippen LogP contribution in [-0.4, -0.2) is 23.9 Å². The summed E-state index contributed by atoms with van der Waals surface area (Å²) < 4.78 is 0. The van der Waals surface area contributed by atoms with Gasteiger partial charge in [-0.05, 0) is 31.9 Å². The van der Waals surface area contributed by atoms with Gasteiger partial charge in [-0.1, -0.05) is 18.2 Å². The number of anilines is 1. The number of nitrogens with one attached hydrogen (secondary N) is 2. The van der Waals surface area contributed by atoms with Gasteiger partial charge in [-0.15, -0.1) is 0 Å². The van der Waals surface area contributed by atoms with E-state index >= 15 is 0 Å². The molecule has 5 heteroatoms. The number of fused-ring (bicyclic) bond motifs is 1. The lowest BCUT2D eigenvalue weighted by Gasteiger charge is -2.29. The van der Waals surface area contributed by atoms with Crippen molar-refractivity contribution in [2.75, 3.05) is 11.9 Å². The van der Waals surface area contributed by atoms with Crippen LogP contribution in [0.25, 0.3) is 0 Å². The van der Waals surface area contributed by atoms with Crippen molar-refractivity contribution in [2.24, 2.45) is 11.7 Å². The van der Waals surface area contributed by atoms with Crippen LogP contribution >= 0.6 is 0 Å². The number of para-hydroxylation sites is 1. The van der Waals surface area contributed by atoms with Gasteiger partial charge >= 0.3 is 0 Å². The topological polar surface area (TPSA) is 84.2 Å². The van der Waals surface area contributed by atoms with Crippen molar-refractivity contribution >= 4 is 17.5 Å². The SMILES string of the molecule is CC(C)(NC(=O)C1CNc2ccccc2C1)C(N)=O. The number of benzene rings is 1. The molecule has 1 aliphatic heterocycles. The van der Waals surface area contributed by atoms with Crippen LogP contribution in [0.4, 0.5) is 5.69 Å². The highest BCUT2D eigenvalue weighted by molar-refractivity contribution is 5.91. The number of carbonyl (C=O) groups excluding carboxylic acids is 2. The molecule has 0 fully saturated rings. The summed E-state index contributed by atoms with van der Waals surface area (Å²) in [6, 6.07) is 7.91. The molecule has 0 bridgehead atoms. The van der Waals surface area contributed by atoms with Crippen molar-refractivity contribution in [3.8, 4) is 0 Å². The molecule has 0 radical (unpaired) electrons. The minimum Gasteiger partial charge on any atom is -0.384 e. The molecule has 1 aromatic carbocycles. The number of nitrogens with two attached hydrogens (primary N) is 1. The molecular formula is C14H19N3O2. The second-order valence-electron chi connectivity index (χ2n) is 5.42. The van der Waals surface area contributed by atoms with Gasteiger partial charge in [0.05, 0.1) is 5.92 Å². The fourth-order valence-corrected chi connectivity index (χ4v) is 2.10. The van der Waals surface area contributed by atoms with Crippen LogP contribution in [0.1, 0.15) is 19.4 Å². The Morgan fingerprint density at radius 3 is 2.74 bits per heavy atom. The van der Waals surface area contributed by atoms with E-state index in [9.17, 15) is 9.59 Å². The van der Waals surface area contributed by atoms with Gasteiger partial charge in [0.1, 0.15) is 5.54 Å². The highest BCUT2D eigenvalue weighted by atomic mass is 16.2. The minimum absolute atomic E-state index is 0.147. The van der Waals surface area contributed by atoms with E-state index in [1.54, 1.807) is 13.8 Å². The lowest BCUT2D eigenvalue weighted by atomic mass is 9.92. The van der Waals surface area contributed by atoms with E-state index in [0.29, 0.717) is 13.0 Å². The Morgan fingerprint density at radius 2 is 2.05 bits per heavy atom. The molecule has 0 saturated carbocycles. The van der Waals surface area contributed by atoms with Crippen LogP contribution in [0.2, 0.25) is 0 Å². The first-order chi connectivity index (χ1) is 8.90. The minimum atomic E-state index is -1.02. The summed E-state index contributed by atoms with van der Waals surface area (Å²) in [4.78, 5) is 23.4. The largest absolute Gasteiger partial charge is 0.384 e. The summed E-state index contributed by atoms with van der Waals surface area (Å²) in [7, 11) is 0. The summed E-state index contributed by atoms with van der Waals surface area (Å²) in [6.07, 6.45) is 0.670. The summed E-state index contributed by atoms with van der Waals surface area (Å²) in [5.74, 6) is -0.871. The van der Waals surface area contributed by atoms with Crippen molar-refractivity contribution in [1.82, 2.24) is 5.32 Å². The molecule has 1 aliphatic rings. The van der Waals surface area contributed by atoms with Crippen LogP contribution in [0.5, 0.6) is 0 Å². The maximum absolute atomic E-state index is 12.2. The molecule has 0 spiro atoms. The van der Waals surface area contributed by atoms with Crippen molar-refractivity contribution in [3.05, 3.63) is 29.8 Å². The van der Waals surface area contributed by atoms with E-state index in [4.69, 9.17) is 5.73 Å². The fraction of sp³-hybridized carbons (Fsp3) is 0.429. The molecule has 4 N–H and O–H groups in total. The van der Waals surface area contributed by atoms with Gasteiger partial charge in [-0.25, -0.2) is 0 Å². The number of rotatable bonds is 3. The van der Waals surface area contributed by atoms with Crippen LogP contribution < -0.4 is 16.4 Å². The Hall–Kier alpha value is -2.04. The molecular weight excluding hydrogens is 242 g/mol. The van der Waals surface area contributed by atoms with Crippen molar-refractivity contribution in [1.29, 1.82) is 0 Å². The van der Waals surface area contributed by atoms with Crippen LogP contribution in [0, 0.1) is 5.92 Å². The van der Waals surface area contributed by atoms with Gasteiger partial charge in [0, 0.05) is 12.2 Å². The highest BCUT2D eigenvalue weighted by Gasteiger charge is 2.31. The predicted molar refractivity (Wildman–Crippen MR) is 73.5 cm³/mol. The van der Waals surface area contributed by atoms with Crippen LogP contribution in [0.15, 0.2) is 24.3 Å². The first-order valence-electron chi connectivity index (χ1n) is 6.34. The zero-order valence-corrected chi connectivity index (χ0v) is 11.2. The van der Waals surface area contributed by atoms with E-state index in [1.807, 2.05) is 24.3 Å². The second-order valence-corrected chi connectivity index (χ2v) is 5.42. The Labute approximate surface area is 112 Å². The number of primary amides is 1. The molecule has 1 aromatic rings. The summed E-state index contributed by atoms with van der Waals surface area (Å²) >= 11 is 0.